The molecule has 0 aliphatic heterocycles. The molecule has 0 bridgehead atoms. The summed E-state index contributed by atoms with van der Waals surface area (Å²) in [6.45, 7) is 1.42. The maximum Gasteiger partial charge on any atom is 0.416 e. The number of pyridine rings is 1. The summed E-state index contributed by atoms with van der Waals surface area (Å²) in [7, 11) is 0. The molecule has 0 spiro atoms. The van der Waals surface area contributed by atoms with Gasteiger partial charge in [0.2, 0.25) is 5.91 Å². The Morgan fingerprint density at radius 2 is 2.00 bits per heavy atom. The van der Waals surface area contributed by atoms with E-state index >= 15 is 0 Å². The highest BCUT2D eigenvalue weighted by Gasteiger charge is 2.32. The maximum absolute atomic E-state index is 14.3. The van der Waals surface area contributed by atoms with Crippen molar-refractivity contribution in [3.63, 3.8) is 0 Å². The first-order valence-corrected chi connectivity index (χ1v) is 7.88. The summed E-state index contributed by atoms with van der Waals surface area (Å²) in [5.74, 6) is -1.12. The van der Waals surface area contributed by atoms with Crippen molar-refractivity contribution in [1.29, 1.82) is 0 Å². The Morgan fingerprint density at radius 3 is 2.64 bits per heavy atom. The fraction of sp³-hybridized carbons (Fsp3) is 0.333. The summed E-state index contributed by atoms with van der Waals surface area (Å²) in [5.41, 5.74) is 1.14. The van der Waals surface area contributed by atoms with E-state index < -0.39 is 17.6 Å². The standard InChI is InChI=1S/C18H16F4N2O/c1-10(25)24-17-4-2-3-12-14(8-23-9-15(12)17)13-6-5-11(7-16(13)19)18(20,21)22/h5-9,17H,2-4H2,1H3,(H,24,25)/t17-/m1/s1. The summed E-state index contributed by atoms with van der Waals surface area (Å²) in [4.78, 5) is 15.5. The van der Waals surface area contributed by atoms with Gasteiger partial charge in [-0.05, 0) is 42.5 Å². The van der Waals surface area contributed by atoms with Gasteiger partial charge in [-0.2, -0.15) is 13.2 Å². The number of halogens is 4. The second-order valence-corrected chi connectivity index (χ2v) is 6.09. The molecular weight excluding hydrogens is 336 g/mol. The van der Waals surface area contributed by atoms with E-state index in [4.69, 9.17) is 0 Å². The van der Waals surface area contributed by atoms with Crippen molar-refractivity contribution < 1.29 is 22.4 Å². The summed E-state index contributed by atoms with van der Waals surface area (Å²) in [6.07, 6.45) is 0.680. The quantitative estimate of drug-likeness (QED) is 0.813. The van der Waals surface area contributed by atoms with Crippen LogP contribution < -0.4 is 5.32 Å². The SMILES string of the molecule is CC(=O)N[C@@H]1CCCc2c(-c3ccc(C(F)(F)F)cc3F)cncc21. The van der Waals surface area contributed by atoms with E-state index in [9.17, 15) is 22.4 Å². The molecule has 1 N–H and O–H groups in total. The van der Waals surface area contributed by atoms with Crippen molar-refractivity contribution in [2.24, 2.45) is 0 Å². The zero-order valence-corrected chi connectivity index (χ0v) is 13.5. The normalized spacial score (nSPS) is 17.1. The van der Waals surface area contributed by atoms with E-state index in [2.05, 4.69) is 10.3 Å². The molecule has 1 aliphatic carbocycles. The molecule has 1 aromatic heterocycles. The number of fused-ring (bicyclic) bond motifs is 1. The number of aromatic nitrogens is 1. The topological polar surface area (TPSA) is 42.0 Å². The summed E-state index contributed by atoms with van der Waals surface area (Å²) >= 11 is 0. The first kappa shape index (κ1) is 17.4. The number of hydrogen-bond donors (Lipinski definition) is 1. The minimum atomic E-state index is -4.59. The van der Waals surface area contributed by atoms with Gasteiger partial charge in [-0.3, -0.25) is 9.78 Å². The number of rotatable bonds is 2. The van der Waals surface area contributed by atoms with Crippen molar-refractivity contribution >= 4 is 5.91 Å². The van der Waals surface area contributed by atoms with E-state index in [1.165, 1.54) is 13.1 Å². The van der Waals surface area contributed by atoms with E-state index in [-0.39, 0.29) is 17.5 Å². The third-order valence-electron chi connectivity index (χ3n) is 4.35. The van der Waals surface area contributed by atoms with Crippen molar-refractivity contribution in [3.05, 3.63) is 53.1 Å². The third kappa shape index (κ3) is 3.50. The predicted octanol–water partition coefficient (Wildman–Crippen LogP) is 4.42. The Hall–Kier alpha value is -2.44. The molecule has 132 valence electrons. The molecule has 1 amide bonds. The number of carbonyl (C=O) groups is 1. The molecule has 2 aromatic rings. The molecule has 1 atom stereocenters. The Kier molecular flexibility index (Phi) is 4.49. The van der Waals surface area contributed by atoms with Crippen LogP contribution >= 0.6 is 0 Å². The summed E-state index contributed by atoms with van der Waals surface area (Å²) in [5, 5.41) is 2.84. The largest absolute Gasteiger partial charge is 0.416 e. The summed E-state index contributed by atoms with van der Waals surface area (Å²) in [6, 6.07) is 2.29. The van der Waals surface area contributed by atoms with Crippen molar-refractivity contribution in [3.8, 4) is 11.1 Å². The first-order valence-electron chi connectivity index (χ1n) is 7.88. The molecule has 0 saturated carbocycles. The van der Waals surface area contributed by atoms with Crippen molar-refractivity contribution in [1.82, 2.24) is 10.3 Å². The molecule has 1 aliphatic rings. The van der Waals surface area contributed by atoms with Gasteiger partial charge in [0.15, 0.2) is 0 Å². The van der Waals surface area contributed by atoms with Gasteiger partial charge in [0.05, 0.1) is 11.6 Å². The van der Waals surface area contributed by atoms with Gasteiger partial charge in [0.25, 0.3) is 0 Å². The second kappa shape index (κ2) is 6.46. The second-order valence-electron chi connectivity index (χ2n) is 6.09. The minimum absolute atomic E-state index is 0.0841. The van der Waals surface area contributed by atoms with Crippen LogP contribution in [-0.4, -0.2) is 10.9 Å². The highest BCUT2D eigenvalue weighted by molar-refractivity contribution is 5.74. The Morgan fingerprint density at radius 1 is 1.24 bits per heavy atom. The zero-order valence-electron chi connectivity index (χ0n) is 13.5. The lowest BCUT2D eigenvalue weighted by atomic mass is 9.84. The zero-order chi connectivity index (χ0) is 18.2. The minimum Gasteiger partial charge on any atom is -0.349 e. The molecule has 25 heavy (non-hydrogen) atoms. The molecule has 0 radical (unpaired) electrons. The number of nitrogens with zero attached hydrogens (tertiary/aromatic N) is 1. The highest BCUT2D eigenvalue weighted by atomic mass is 19.4. The number of amides is 1. The van der Waals surface area contributed by atoms with Crippen LogP contribution in [0.2, 0.25) is 0 Å². The number of carbonyl (C=O) groups excluding carboxylic acids is 1. The maximum atomic E-state index is 14.3. The van der Waals surface area contributed by atoms with Crippen LogP contribution in [0.3, 0.4) is 0 Å². The highest BCUT2D eigenvalue weighted by Crippen LogP contribution is 2.38. The molecule has 7 heteroatoms. The molecule has 3 nitrogen and oxygen atoms in total. The Labute approximate surface area is 142 Å². The van der Waals surface area contributed by atoms with Gasteiger partial charge in [0, 0.05) is 30.4 Å². The van der Waals surface area contributed by atoms with E-state index in [0.29, 0.717) is 18.1 Å². The van der Waals surface area contributed by atoms with Gasteiger partial charge in [-0.15, -0.1) is 0 Å². The molecule has 3 rings (SSSR count). The lowest BCUT2D eigenvalue weighted by Gasteiger charge is -2.27. The van der Waals surface area contributed by atoms with Gasteiger partial charge in [-0.25, -0.2) is 4.39 Å². The Balaban J connectivity index is 2.06. The Bertz CT molecular complexity index is 817. The van der Waals surface area contributed by atoms with Gasteiger partial charge < -0.3 is 5.32 Å². The number of hydrogen-bond acceptors (Lipinski definition) is 2. The van der Waals surface area contributed by atoms with Crippen molar-refractivity contribution in [2.75, 3.05) is 0 Å². The molecular formula is C18H16F4N2O. The summed E-state index contributed by atoms with van der Waals surface area (Å²) < 4.78 is 52.5. The van der Waals surface area contributed by atoms with Crippen molar-refractivity contribution in [2.45, 2.75) is 38.4 Å². The molecule has 0 saturated heterocycles. The van der Waals surface area contributed by atoms with E-state index in [0.717, 1.165) is 36.1 Å². The van der Waals surface area contributed by atoms with Gasteiger partial charge in [0.1, 0.15) is 5.82 Å². The number of alkyl halides is 3. The van der Waals surface area contributed by atoms with Crippen LogP contribution in [0.25, 0.3) is 11.1 Å². The van der Waals surface area contributed by atoms with Crippen LogP contribution in [0.15, 0.2) is 30.6 Å². The van der Waals surface area contributed by atoms with E-state index in [1.807, 2.05) is 0 Å². The van der Waals surface area contributed by atoms with Crippen LogP contribution in [0, 0.1) is 5.82 Å². The lowest BCUT2D eigenvalue weighted by molar-refractivity contribution is -0.137. The molecule has 0 fully saturated rings. The average molecular weight is 352 g/mol. The first-order chi connectivity index (χ1) is 11.8. The van der Waals surface area contributed by atoms with E-state index in [1.54, 1.807) is 6.20 Å². The average Bonchev–Trinajstić information content (AvgIpc) is 2.53. The van der Waals surface area contributed by atoms with Gasteiger partial charge in [-0.1, -0.05) is 6.07 Å². The van der Waals surface area contributed by atoms with Crippen LogP contribution in [-0.2, 0) is 17.4 Å². The third-order valence-corrected chi connectivity index (χ3v) is 4.35. The lowest BCUT2D eigenvalue weighted by Crippen LogP contribution is -2.29. The van der Waals surface area contributed by atoms with Crippen LogP contribution in [0.5, 0.6) is 0 Å². The smallest absolute Gasteiger partial charge is 0.349 e. The van der Waals surface area contributed by atoms with Crippen LogP contribution in [0.1, 0.15) is 42.5 Å². The fourth-order valence-corrected chi connectivity index (χ4v) is 3.26. The van der Waals surface area contributed by atoms with Crippen LogP contribution in [0.4, 0.5) is 17.6 Å². The van der Waals surface area contributed by atoms with Gasteiger partial charge >= 0.3 is 6.18 Å². The predicted molar refractivity (Wildman–Crippen MR) is 84.1 cm³/mol. The molecule has 1 heterocycles. The number of benzene rings is 1. The molecule has 0 unspecified atom stereocenters. The fourth-order valence-electron chi connectivity index (χ4n) is 3.26. The number of nitrogens with one attached hydrogen (secondary N) is 1. The monoisotopic (exact) mass is 352 g/mol. The molecule has 1 aromatic carbocycles.